The molecule has 2 unspecified atom stereocenters. The normalized spacial score (nSPS) is 12.6. The van der Waals surface area contributed by atoms with E-state index in [1.54, 1.807) is 79.7 Å². The van der Waals surface area contributed by atoms with Crippen LogP contribution in [0, 0.1) is 18.3 Å². The number of sulfonamides is 1. The second-order valence-corrected chi connectivity index (χ2v) is 11.0. The third-order valence-electron chi connectivity index (χ3n) is 5.72. The molecular formula is C28H28ClN3O5S. The lowest BCUT2D eigenvalue weighted by Crippen LogP contribution is -2.51. The number of nitriles is 1. The highest BCUT2D eigenvalue weighted by Gasteiger charge is 2.36. The molecule has 0 heterocycles. The van der Waals surface area contributed by atoms with Gasteiger partial charge in [0.1, 0.15) is 6.04 Å². The Hall–Kier alpha value is -3.87. The number of esters is 1. The van der Waals surface area contributed by atoms with E-state index in [9.17, 15) is 18.0 Å². The summed E-state index contributed by atoms with van der Waals surface area (Å²) in [5.41, 5.74) is 2.94. The van der Waals surface area contributed by atoms with E-state index in [1.807, 2.05) is 13.0 Å². The number of nitrogens with one attached hydrogen (secondary N) is 2. The van der Waals surface area contributed by atoms with E-state index < -0.39 is 33.2 Å². The van der Waals surface area contributed by atoms with Crippen LogP contribution in [0.4, 0.5) is 5.69 Å². The van der Waals surface area contributed by atoms with Gasteiger partial charge in [-0.25, -0.2) is 13.2 Å². The summed E-state index contributed by atoms with van der Waals surface area (Å²) in [4.78, 5) is 26.2. The Kier molecular flexibility index (Phi) is 9.88. The highest BCUT2D eigenvalue weighted by molar-refractivity contribution is 7.94. The second kappa shape index (κ2) is 13.1. The number of carbonyl (C=O) groups excluding carboxylic acids is 2. The largest absolute Gasteiger partial charge is 0.464 e. The molecule has 0 aliphatic rings. The van der Waals surface area contributed by atoms with Crippen molar-refractivity contribution in [2.75, 3.05) is 11.3 Å². The summed E-state index contributed by atoms with van der Waals surface area (Å²) in [7, 11) is -4.24. The molecule has 0 saturated heterocycles. The first kappa shape index (κ1) is 28.7. The highest BCUT2D eigenvalue weighted by Crippen LogP contribution is 2.19. The monoisotopic (exact) mass is 553 g/mol. The molecule has 0 bridgehead atoms. The average Bonchev–Trinajstić information content (AvgIpc) is 2.89. The Bertz CT molecular complexity index is 1400. The summed E-state index contributed by atoms with van der Waals surface area (Å²) in [5.74, 6) is -1.55. The molecule has 3 aromatic rings. The lowest BCUT2D eigenvalue weighted by atomic mass is 10.0. The number of hydrogen-bond acceptors (Lipinski definition) is 6. The van der Waals surface area contributed by atoms with E-state index in [2.05, 4.69) is 10.0 Å². The van der Waals surface area contributed by atoms with E-state index in [0.717, 1.165) is 5.56 Å². The van der Waals surface area contributed by atoms with E-state index >= 15 is 0 Å². The zero-order valence-electron chi connectivity index (χ0n) is 21.0. The number of amides is 1. The first-order chi connectivity index (χ1) is 18.1. The van der Waals surface area contributed by atoms with E-state index in [0.29, 0.717) is 27.4 Å². The van der Waals surface area contributed by atoms with Crippen molar-refractivity contribution >= 4 is 39.2 Å². The smallest absolute Gasteiger partial charge is 0.328 e. The van der Waals surface area contributed by atoms with Crippen molar-refractivity contribution in [3.63, 3.8) is 0 Å². The van der Waals surface area contributed by atoms with E-state index in [-0.39, 0.29) is 19.4 Å². The molecule has 0 aliphatic carbocycles. The van der Waals surface area contributed by atoms with Gasteiger partial charge >= 0.3 is 5.97 Å². The van der Waals surface area contributed by atoms with Crippen LogP contribution in [0.5, 0.6) is 0 Å². The molecule has 3 aromatic carbocycles. The molecule has 8 nitrogen and oxygen atoms in total. The molecule has 0 fully saturated rings. The molecule has 10 heteroatoms. The van der Waals surface area contributed by atoms with Crippen molar-refractivity contribution in [2.45, 2.75) is 38.0 Å². The van der Waals surface area contributed by atoms with Crippen molar-refractivity contribution in [2.24, 2.45) is 0 Å². The molecule has 0 saturated carbocycles. The van der Waals surface area contributed by atoms with Gasteiger partial charge in [0, 0.05) is 17.1 Å². The van der Waals surface area contributed by atoms with Crippen molar-refractivity contribution in [1.82, 2.24) is 5.32 Å². The van der Waals surface area contributed by atoms with Gasteiger partial charge in [-0.3, -0.25) is 9.52 Å². The van der Waals surface area contributed by atoms with E-state index in [4.69, 9.17) is 21.6 Å². The Morgan fingerprint density at radius 2 is 1.53 bits per heavy atom. The van der Waals surface area contributed by atoms with Gasteiger partial charge in [-0.2, -0.15) is 5.26 Å². The number of ether oxygens (including phenoxy) is 1. The van der Waals surface area contributed by atoms with Crippen molar-refractivity contribution in [1.29, 1.82) is 5.26 Å². The summed E-state index contributed by atoms with van der Waals surface area (Å²) in [6.07, 6.45) is -0.105. The van der Waals surface area contributed by atoms with Crippen molar-refractivity contribution in [3.8, 4) is 6.07 Å². The average molecular weight is 554 g/mol. The number of benzene rings is 3. The quantitative estimate of drug-likeness (QED) is 0.343. The highest BCUT2D eigenvalue weighted by atomic mass is 35.5. The van der Waals surface area contributed by atoms with Gasteiger partial charge in [-0.15, -0.1) is 0 Å². The van der Waals surface area contributed by atoms with Crippen LogP contribution >= 0.6 is 11.6 Å². The third kappa shape index (κ3) is 8.07. The van der Waals surface area contributed by atoms with Crippen LogP contribution < -0.4 is 10.0 Å². The lowest BCUT2D eigenvalue weighted by Gasteiger charge is -2.23. The summed E-state index contributed by atoms with van der Waals surface area (Å²) in [6, 6.07) is 20.6. The van der Waals surface area contributed by atoms with Crippen LogP contribution in [0.25, 0.3) is 0 Å². The Balaban J connectivity index is 1.90. The van der Waals surface area contributed by atoms with Gasteiger partial charge in [-0.05, 0) is 67.8 Å². The van der Waals surface area contributed by atoms with Gasteiger partial charge < -0.3 is 10.1 Å². The maximum Gasteiger partial charge on any atom is 0.328 e. The fourth-order valence-electron chi connectivity index (χ4n) is 3.69. The number of nitrogens with zero attached hydrogens (tertiary/aromatic N) is 1. The van der Waals surface area contributed by atoms with Gasteiger partial charge in [-0.1, -0.05) is 53.6 Å². The third-order valence-corrected chi connectivity index (χ3v) is 7.63. The zero-order chi connectivity index (χ0) is 27.7. The molecule has 0 radical (unpaired) electrons. The molecule has 198 valence electrons. The van der Waals surface area contributed by atoms with Crippen LogP contribution in [0.1, 0.15) is 29.2 Å². The van der Waals surface area contributed by atoms with E-state index in [1.165, 1.54) is 0 Å². The minimum Gasteiger partial charge on any atom is -0.464 e. The van der Waals surface area contributed by atoms with Gasteiger partial charge in [0.25, 0.3) is 0 Å². The Morgan fingerprint density at radius 3 is 2.11 bits per heavy atom. The molecule has 0 aromatic heterocycles. The van der Waals surface area contributed by atoms with Gasteiger partial charge in [0.05, 0.1) is 18.2 Å². The topological polar surface area (TPSA) is 125 Å². The Labute approximate surface area is 227 Å². The van der Waals surface area contributed by atoms with Crippen molar-refractivity contribution in [3.05, 3.63) is 100 Å². The SMILES string of the molecule is CCOC(=O)C(Cc1ccc(C#N)cc1)NC(=O)C(Cc1ccc(Cl)cc1)S(=O)(=O)Nc1ccc(C)cc1. The number of rotatable bonds is 11. The van der Waals surface area contributed by atoms with Gasteiger partial charge in [0.2, 0.25) is 15.9 Å². The predicted octanol–water partition coefficient (Wildman–Crippen LogP) is 4.16. The van der Waals surface area contributed by atoms with Crippen LogP contribution in [0.3, 0.4) is 0 Å². The second-order valence-electron chi connectivity index (χ2n) is 8.66. The first-order valence-electron chi connectivity index (χ1n) is 11.9. The molecule has 2 N–H and O–H groups in total. The fourth-order valence-corrected chi connectivity index (χ4v) is 5.18. The maximum atomic E-state index is 13.5. The molecule has 2 atom stereocenters. The molecule has 0 spiro atoms. The van der Waals surface area contributed by atoms with Gasteiger partial charge in [0.15, 0.2) is 5.25 Å². The number of hydrogen-bond donors (Lipinski definition) is 2. The summed E-state index contributed by atoms with van der Waals surface area (Å²) in [6.45, 7) is 3.59. The lowest BCUT2D eigenvalue weighted by molar-refractivity contribution is -0.147. The zero-order valence-corrected chi connectivity index (χ0v) is 22.6. The molecular weight excluding hydrogens is 526 g/mol. The number of halogens is 1. The molecule has 38 heavy (non-hydrogen) atoms. The standard InChI is InChI=1S/C28H28ClN3O5S/c1-3-37-28(34)25(16-20-6-8-22(18-30)9-7-20)31-27(33)26(17-21-10-12-23(29)13-11-21)38(35,36)32-24-14-4-19(2)5-15-24/h4-15,25-26,32H,3,16-17H2,1-2H3,(H,31,33). The maximum absolute atomic E-state index is 13.5. The van der Waals surface area contributed by atoms with Crippen LogP contribution in [0.15, 0.2) is 72.8 Å². The van der Waals surface area contributed by atoms with Crippen molar-refractivity contribution < 1.29 is 22.7 Å². The molecule has 1 amide bonds. The number of carbonyl (C=O) groups is 2. The Morgan fingerprint density at radius 1 is 0.947 bits per heavy atom. The minimum absolute atomic E-state index is 0.0510. The fraction of sp³-hybridized carbons (Fsp3) is 0.250. The number of anilines is 1. The number of aryl methyl sites for hydroxylation is 1. The molecule has 3 rings (SSSR count). The predicted molar refractivity (Wildman–Crippen MR) is 146 cm³/mol. The summed E-state index contributed by atoms with van der Waals surface area (Å²) in [5, 5.41) is 10.5. The first-order valence-corrected chi connectivity index (χ1v) is 13.8. The summed E-state index contributed by atoms with van der Waals surface area (Å²) < 4.78 is 34.5. The van der Waals surface area contributed by atoms with Crippen LogP contribution in [-0.2, 0) is 37.2 Å². The summed E-state index contributed by atoms with van der Waals surface area (Å²) >= 11 is 5.97. The van der Waals surface area contributed by atoms with Crippen LogP contribution in [0.2, 0.25) is 5.02 Å². The minimum atomic E-state index is -4.24. The molecule has 0 aliphatic heterocycles. The van der Waals surface area contributed by atoms with Crippen LogP contribution in [-0.4, -0.2) is 38.2 Å².